The van der Waals surface area contributed by atoms with Crippen LogP contribution in [0.4, 0.5) is 0 Å². The maximum atomic E-state index is 6.04. The summed E-state index contributed by atoms with van der Waals surface area (Å²) in [5.41, 5.74) is 6.04. The monoisotopic (exact) mass is 281 g/mol. The second-order valence-corrected chi connectivity index (χ2v) is 5.92. The molecule has 0 spiro atoms. The zero-order valence-corrected chi connectivity index (χ0v) is 10.4. The van der Waals surface area contributed by atoms with Gasteiger partial charge in [0, 0.05) is 10.9 Å². The van der Waals surface area contributed by atoms with Crippen LogP contribution in [0.15, 0.2) is 15.9 Å². The smallest absolute Gasteiger partial charge is 0.0701 e. The van der Waals surface area contributed by atoms with Crippen LogP contribution < -0.4 is 5.73 Å². The molecule has 1 fully saturated rings. The van der Waals surface area contributed by atoms with Crippen molar-refractivity contribution in [3.05, 3.63) is 20.8 Å². The Kier molecular flexibility index (Phi) is 4.23. The lowest BCUT2D eigenvalue weighted by Gasteiger charge is -2.06. The van der Waals surface area contributed by atoms with E-state index >= 15 is 0 Å². The molecule has 2 N–H and O–H groups in total. The van der Waals surface area contributed by atoms with E-state index in [1.165, 1.54) is 27.9 Å². The first-order valence-electron chi connectivity index (χ1n) is 4.26. The Morgan fingerprint density at radius 3 is 2.69 bits per heavy atom. The molecule has 13 heavy (non-hydrogen) atoms. The average Bonchev–Trinajstić information content (AvgIpc) is 2.72. The Bertz CT molecular complexity index is 272. The Balaban J connectivity index is 0.000000845. The summed E-state index contributed by atoms with van der Waals surface area (Å²) in [5.74, 6) is 0.917. The average molecular weight is 283 g/mol. The van der Waals surface area contributed by atoms with Gasteiger partial charge >= 0.3 is 0 Å². The highest BCUT2D eigenvalue weighted by Gasteiger charge is 2.24. The zero-order chi connectivity index (χ0) is 8.55. The van der Waals surface area contributed by atoms with Gasteiger partial charge < -0.3 is 5.73 Å². The van der Waals surface area contributed by atoms with Gasteiger partial charge in [-0.2, -0.15) is 0 Å². The third-order valence-electron chi connectivity index (χ3n) is 2.24. The van der Waals surface area contributed by atoms with Crippen LogP contribution >= 0.6 is 39.7 Å². The third-order valence-corrected chi connectivity index (χ3v) is 4.00. The van der Waals surface area contributed by atoms with E-state index in [9.17, 15) is 0 Å². The van der Waals surface area contributed by atoms with Crippen LogP contribution in [-0.4, -0.2) is 0 Å². The molecule has 0 saturated heterocycles. The molecule has 1 aliphatic rings. The molecule has 0 amide bonds. The van der Waals surface area contributed by atoms with E-state index in [2.05, 4.69) is 28.1 Å². The van der Waals surface area contributed by atoms with Gasteiger partial charge in [0.2, 0.25) is 0 Å². The van der Waals surface area contributed by atoms with Gasteiger partial charge in [0.05, 0.1) is 3.79 Å². The van der Waals surface area contributed by atoms with Crippen molar-refractivity contribution in [1.82, 2.24) is 0 Å². The summed E-state index contributed by atoms with van der Waals surface area (Å²) in [6, 6.07) is 4.47. The largest absolute Gasteiger partial charge is 0.323 e. The molecule has 1 atom stereocenters. The molecule has 4 heteroatoms. The van der Waals surface area contributed by atoms with E-state index in [0.29, 0.717) is 0 Å². The van der Waals surface area contributed by atoms with Crippen LogP contribution in [0.5, 0.6) is 0 Å². The minimum atomic E-state index is 0. The highest BCUT2D eigenvalue weighted by molar-refractivity contribution is 9.11. The van der Waals surface area contributed by atoms with Crippen LogP contribution in [0.3, 0.4) is 0 Å². The van der Waals surface area contributed by atoms with Gasteiger partial charge in [-0.25, -0.2) is 0 Å². The van der Waals surface area contributed by atoms with Crippen molar-refractivity contribution < 1.29 is 0 Å². The summed E-state index contributed by atoms with van der Waals surface area (Å²) in [6.45, 7) is 0. The highest BCUT2D eigenvalue weighted by atomic mass is 79.9. The van der Waals surface area contributed by atoms with Crippen molar-refractivity contribution >= 4 is 39.7 Å². The van der Waals surface area contributed by atoms with Crippen LogP contribution in [0, 0.1) is 5.92 Å². The molecule has 1 aromatic heterocycles. The first kappa shape index (κ1) is 11.5. The topological polar surface area (TPSA) is 26.0 Å². The minimum Gasteiger partial charge on any atom is -0.323 e. The number of halogens is 2. The number of hydrogen-bond donors (Lipinski definition) is 1. The van der Waals surface area contributed by atoms with Gasteiger partial charge in [-0.15, -0.1) is 23.7 Å². The summed E-state index contributed by atoms with van der Waals surface area (Å²) >= 11 is 5.20. The van der Waals surface area contributed by atoms with Crippen molar-refractivity contribution in [3.8, 4) is 0 Å². The number of hydrogen-bond acceptors (Lipinski definition) is 2. The molecular weight excluding hydrogens is 270 g/mol. The second kappa shape index (κ2) is 4.78. The van der Waals surface area contributed by atoms with E-state index in [-0.39, 0.29) is 18.4 Å². The van der Waals surface area contributed by atoms with Gasteiger partial charge in [0.25, 0.3) is 0 Å². The predicted molar refractivity (Wildman–Crippen MR) is 63.5 cm³/mol. The van der Waals surface area contributed by atoms with E-state index in [1.54, 1.807) is 11.3 Å². The van der Waals surface area contributed by atoms with Crippen LogP contribution in [0.1, 0.15) is 30.2 Å². The van der Waals surface area contributed by atoms with Crippen LogP contribution in [0.2, 0.25) is 0 Å². The maximum absolute atomic E-state index is 6.04. The summed E-state index contributed by atoms with van der Waals surface area (Å²) in [7, 11) is 0. The molecular formula is C9H13BrClNS. The molecule has 0 aromatic carbocycles. The van der Waals surface area contributed by atoms with Crippen LogP contribution in [0.25, 0.3) is 0 Å². The minimum absolute atomic E-state index is 0. The van der Waals surface area contributed by atoms with Crippen molar-refractivity contribution in [3.63, 3.8) is 0 Å². The number of rotatable bonds is 3. The van der Waals surface area contributed by atoms with Crippen molar-refractivity contribution in [2.24, 2.45) is 11.7 Å². The Morgan fingerprint density at radius 2 is 2.23 bits per heavy atom. The lowest BCUT2D eigenvalue weighted by Crippen LogP contribution is -2.08. The summed E-state index contributed by atoms with van der Waals surface area (Å²) in [6.07, 6.45) is 3.95. The van der Waals surface area contributed by atoms with Crippen LogP contribution in [-0.2, 0) is 0 Å². The lowest BCUT2D eigenvalue weighted by atomic mass is 10.1. The molecule has 1 saturated carbocycles. The summed E-state index contributed by atoms with van der Waals surface area (Å²) in [4.78, 5) is 1.31. The molecule has 2 rings (SSSR count). The van der Waals surface area contributed by atoms with Gasteiger partial charge in [0.1, 0.15) is 0 Å². The fourth-order valence-corrected chi connectivity index (χ4v) is 2.79. The van der Waals surface area contributed by atoms with E-state index in [1.807, 2.05) is 0 Å². The van der Waals surface area contributed by atoms with Crippen molar-refractivity contribution in [1.29, 1.82) is 0 Å². The third kappa shape index (κ3) is 3.24. The molecule has 1 aliphatic carbocycles. The number of thiophene rings is 1. The fraction of sp³-hybridized carbons (Fsp3) is 0.556. The lowest BCUT2D eigenvalue weighted by molar-refractivity contribution is 0.605. The van der Waals surface area contributed by atoms with Gasteiger partial charge in [-0.3, -0.25) is 0 Å². The summed E-state index contributed by atoms with van der Waals surface area (Å²) in [5, 5.41) is 0. The molecule has 0 unspecified atom stereocenters. The molecule has 0 bridgehead atoms. The Hall–Kier alpha value is 0.430. The maximum Gasteiger partial charge on any atom is 0.0701 e. The molecule has 0 aliphatic heterocycles. The Labute approximate surface area is 97.3 Å². The molecule has 0 radical (unpaired) electrons. The van der Waals surface area contributed by atoms with E-state index in [4.69, 9.17) is 5.73 Å². The van der Waals surface area contributed by atoms with Gasteiger partial charge in [0.15, 0.2) is 0 Å². The normalized spacial score (nSPS) is 18.0. The molecule has 1 heterocycles. The fourth-order valence-electron chi connectivity index (χ4n) is 1.36. The Morgan fingerprint density at radius 1 is 1.54 bits per heavy atom. The SMILES string of the molecule is Cl.N[C@@H](CC1CC1)c1ccc(Br)s1. The number of nitrogens with two attached hydrogens (primary N) is 1. The second-order valence-electron chi connectivity index (χ2n) is 3.43. The summed E-state index contributed by atoms with van der Waals surface area (Å²) < 4.78 is 1.18. The first-order valence-corrected chi connectivity index (χ1v) is 5.87. The molecule has 74 valence electrons. The first-order chi connectivity index (χ1) is 5.75. The predicted octanol–water partition coefficient (Wildman–Crippen LogP) is 3.73. The van der Waals surface area contributed by atoms with Gasteiger partial charge in [-0.1, -0.05) is 12.8 Å². The standard InChI is InChI=1S/C9H12BrNS.ClH/c10-9-4-3-8(12-9)7(11)5-6-1-2-6;/h3-4,6-7H,1-2,5,11H2;1H/t7-;/m0./s1. The van der Waals surface area contributed by atoms with Crippen molar-refractivity contribution in [2.45, 2.75) is 25.3 Å². The zero-order valence-electron chi connectivity index (χ0n) is 7.20. The van der Waals surface area contributed by atoms with E-state index in [0.717, 1.165) is 5.92 Å². The quantitative estimate of drug-likeness (QED) is 0.898. The molecule has 1 aromatic rings. The molecule has 1 nitrogen and oxygen atoms in total. The van der Waals surface area contributed by atoms with E-state index < -0.39 is 0 Å². The highest BCUT2D eigenvalue weighted by Crippen LogP contribution is 2.38. The van der Waals surface area contributed by atoms with Crippen molar-refractivity contribution in [2.75, 3.05) is 0 Å². The van der Waals surface area contributed by atoms with Gasteiger partial charge in [-0.05, 0) is 40.4 Å².